The van der Waals surface area contributed by atoms with E-state index < -0.39 is 21.9 Å². The van der Waals surface area contributed by atoms with Gasteiger partial charge in [-0.05, 0) is 41.8 Å². The molecule has 0 radical (unpaired) electrons. The normalized spacial score (nSPS) is 12.0. The zero-order chi connectivity index (χ0) is 27.7. The van der Waals surface area contributed by atoms with E-state index in [0.29, 0.717) is 11.4 Å². The molecule has 2 amide bonds. The van der Waals surface area contributed by atoms with Gasteiger partial charge in [0.15, 0.2) is 0 Å². The maximum Gasteiger partial charge on any atom is 0.242 e. The van der Waals surface area contributed by atoms with E-state index in [1.165, 1.54) is 30.1 Å². The monoisotopic (exact) mass is 559 g/mol. The summed E-state index contributed by atoms with van der Waals surface area (Å²) in [6.45, 7) is 0.0631. The van der Waals surface area contributed by atoms with Crippen molar-refractivity contribution < 1.29 is 22.4 Å². The molecule has 38 heavy (non-hydrogen) atoms. The topological polar surface area (TPSA) is 86.8 Å². The van der Waals surface area contributed by atoms with E-state index in [4.69, 9.17) is 11.6 Å². The summed E-state index contributed by atoms with van der Waals surface area (Å²) in [5.74, 6) is -1.32. The van der Waals surface area contributed by atoms with Gasteiger partial charge in [0.2, 0.25) is 21.8 Å². The molecular weight excluding hydrogens is 529 g/mol. The summed E-state index contributed by atoms with van der Waals surface area (Å²) < 4.78 is 40.1. The maximum absolute atomic E-state index is 14.4. The molecule has 3 aromatic rings. The van der Waals surface area contributed by atoms with E-state index in [9.17, 15) is 22.4 Å². The number of carbonyl (C=O) groups is 2. The fourth-order valence-electron chi connectivity index (χ4n) is 4.14. The molecule has 0 aliphatic carbocycles. The summed E-state index contributed by atoms with van der Waals surface area (Å²) in [6, 6.07) is 21.2. The Morgan fingerprint density at radius 3 is 2.18 bits per heavy atom. The third-order valence-corrected chi connectivity index (χ3v) is 7.49. The van der Waals surface area contributed by atoms with E-state index >= 15 is 0 Å². The van der Waals surface area contributed by atoms with Gasteiger partial charge in [-0.25, -0.2) is 12.8 Å². The van der Waals surface area contributed by atoms with Crippen LogP contribution in [-0.2, 0) is 32.6 Å². The van der Waals surface area contributed by atoms with Crippen LogP contribution in [0.15, 0.2) is 78.9 Å². The van der Waals surface area contributed by atoms with Crippen LogP contribution in [-0.4, -0.2) is 51.0 Å². The van der Waals surface area contributed by atoms with Crippen LogP contribution in [0.4, 0.5) is 10.1 Å². The Morgan fingerprint density at radius 1 is 0.947 bits per heavy atom. The minimum Gasteiger partial charge on any atom is -0.357 e. The smallest absolute Gasteiger partial charge is 0.242 e. The van der Waals surface area contributed by atoms with Crippen molar-refractivity contribution in [1.29, 1.82) is 0 Å². The van der Waals surface area contributed by atoms with Crippen molar-refractivity contribution in [2.45, 2.75) is 31.8 Å². The van der Waals surface area contributed by atoms with Crippen LogP contribution in [0.5, 0.6) is 0 Å². The van der Waals surface area contributed by atoms with Crippen molar-refractivity contribution in [2.75, 3.05) is 24.2 Å². The molecule has 0 bridgehead atoms. The molecule has 0 unspecified atom stereocenters. The average Bonchev–Trinajstić information content (AvgIpc) is 2.89. The number of carbonyl (C=O) groups excluding carboxylic acids is 2. The lowest BCUT2D eigenvalue weighted by Gasteiger charge is -2.31. The SMILES string of the molecule is CNC(=O)[C@@H](Cc1ccccc1)N(Cc1ccc(Cl)cc1)C(=O)CCCN(c1ccccc1F)S(C)(=O)=O. The first kappa shape index (κ1) is 29.1. The molecule has 7 nitrogen and oxygen atoms in total. The third-order valence-electron chi connectivity index (χ3n) is 6.06. The minimum absolute atomic E-state index is 0.0453. The number of anilines is 1. The Labute approximate surface area is 228 Å². The van der Waals surface area contributed by atoms with Gasteiger partial charge < -0.3 is 10.2 Å². The van der Waals surface area contributed by atoms with E-state index in [2.05, 4.69) is 5.32 Å². The lowest BCUT2D eigenvalue weighted by Crippen LogP contribution is -2.49. The summed E-state index contributed by atoms with van der Waals surface area (Å²) >= 11 is 6.03. The van der Waals surface area contributed by atoms with Crippen LogP contribution >= 0.6 is 11.6 Å². The number of hydrogen-bond acceptors (Lipinski definition) is 4. The lowest BCUT2D eigenvalue weighted by molar-refractivity contribution is -0.141. The van der Waals surface area contributed by atoms with Gasteiger partial charge in [-0.3, -0.25) is 13.9 Å². The molecular formula is C28H31ClFN3O4S. The summed E-state index contributed by atoms with van der Waals surface area (Å²) in [5.41, 5.74) is 1.60. The Hall–Kier alpha value is -3.43. The molecule has 0 aliphatic heterocycles. The van der Waals surface area contributed by atoms with Crippen molar-refractivity contribution in [2.24, 2.45) is 0 Å². The second-order valence-electron chi connectivity index (χ2n) is 8.86. The molecule has 3 aromatic carbocycles. The van der Waals surface area contributed by atoms with Crippen molar-refractivity contribution >= 4 is 39.1 Å². The average molecular weight is 560 g/mol. The van der Waals surface area contributed by atoms with Gasteiger partial charge in [0.05, 0.1) is 11.9 Å². The molecule has 1 N–H and O–H groups in total. The van der Waals surface area contributed by atoms with Crippen molar-refractivity contribution in [3.8, 4) is 0 Å². The van der Waals surface area contributed by atoms with E-state index in [0.717, 1.165) is 21.7 Å². The second kappa shape index (κ2) is 13.4. The third kappa shape index (κ3) is 8.03. The lowest BCUT2D eigenvalue weighted by atomic mass is 10.0. The molecule has 0 fully saturated rings. The first-order valence-corrected chi connectivity index (χ1v) is 14.3. The number of sulfonamides is 1. The van der Waals surface area contributed by atoms with Crippen LogP contribution in [0.25, 0.3) is 0 Å². The molecule has 0 aliphatic rings. The van der Waals surface area contributed by atoms with Crippen LogP contribution in [0.3, 0.4) is 0 Å². The van der Waals surface area contributed by atoms with Gasteiger partial charge in [-0.15, -0.1) is 0 Å². The van der Waals surface area contributed by atoms with Gasteiger partial charge in [0.1, 0.15) is 11.9 Å². The van der Waals surface area contributed by atoms with Gasteiger partial charge in [0, 0.05) is 38.0 Å². The maximum atomic E-state index is 14.4. The first-order valence-electron chi connectivity index (χ1n) is 12.1. The first-order chi connectivity index (χ1) is 18.1. The highest BCUT2D eigenvalue weighted by atomic mass is 35.5. The van der Waals surface area contributed by atoms with Crippen molar-refractivity contribution in [3.63, 3.8) is 0 Å². The summed E-state index contributed by atoms with van der Waals surface area (Å²) in [7, 11) is -2.28. The number of amides is 2. The molecule has 0 aromatic heterocycles. The Bertz CT molecular complexity index is 1340. The molecule has 10 heteroatoms. The second-order valence-corrected chi connectivity index (χ2v) is 11.2. The Morgan fingerprint density at radius 2 is 1.58 bits per heavy atom. The quantitative estimate of drug-likeness (QED) is 0.356. The fourth-order valence-corrected chi connectivity index (χ4v) is 5.24. The van der Waals surface area contributed by atoms with Crippen molar-refractivity contribution in [1.82, 2.24) is 10.2 Å². The summed E-state index contributed by atoms with van der Waals surface area (Å²) in [5, 5.41) is 3.20. The highest BCUT2D eigenvalue weighted by Crippen LogP contribution is 2.23. The van der Waals surface area contributed by atoms with Crippen LogP contribution in [0.1, 0.15) is 24.0 Å². The van der Waals surface area contributed by atoms with Crippen LogP contribution in [0.2, 0.25) is 5.02 Å². The number of halogens is 2. The Balaban J connectivity index is 1.84. The van der Waals surface area contributed by atoms with Crippen LogP contribution < -0.4 is 9.62 Å². The predicted molar refractivity (Wildman–Crippen MR) is 148 cm³/mol. The molecule has 202 valence electrons. The number of likely N-dealkylation sites (N-methyl/N-ethyl adjacent to an activating group) is 1. The summed E-state index contributed by atoms with van der Waals surface area (Å²) in [6.07, 6.45) is 1.37. The number of hydrogen-bond donors (Lipinski definition) is 1. The molecule has 0 saturated carbocycles. The molecule has 3 rings (SSSR count). The van der Waals surface area contributed by atoms with Gasteiger partial charge in [-0.1, -0.05) is 66.2 Å². The number of benzene rings is 3. The summed E-state index contributed by atoms with van der Waals surface area (Å²) in [4.78, 5) is 28.1. The van der Waals surface area contributed by atoms with Gasteiger partial charge >= 0.3 is 0 Å². The number of para-hydroxylation sites is 1. The van der Waals surface area contributed by atoms with E-state index in [-0.39, 0.29) is 43.4 Å². The molecule has 0 heterocycles. The predicted octanol–water partition coefficient (Wildman–Crippen LogP) is 4.41. The largest absolute Gasteiger partial charge is 0.357 e. The number of rotatable bonds is 12. The fraction of sp³-hybridized carbons (Fsp3) is 0.286. The highest BCUT2D eigenvalue weighted by Gasteiger charge is 2.30. The van der Waals surface area contributed by atoms with E-state index in [1.54, 1.807) is 30.3 Å². The van der Waals surface area contributed by atoms with E-state index in [1.807, 2.05) is 30.3 Å². The Kier molecular flexibility index (Phi) is 10.3. The van der Waals surface area contributed by atoms with Crippen molar-refractivity contribution in [3.05, 3.63) is 101 Å². The standard InChI is InChI=1S/C28H31ClFN3O4S/c1-31-28(35)26(19-21-9-4-3-5-10-21)32(20-22-14-16-23(29)17-15-22)27(34)13-8-18-33(38(2,36)37)25-12-7-6-11-24(25)30/h3-7,9-12,14-17,26H,8,13,18-20H2,1-2H3,(H,31,35)/t26-/m1/s1. The minimum atomic E-state index is -3.79. The molecule has 0 saturated heterocycles. The molecule has 0 spiro atoms. The molecule has 1 atom stereocenters. The van der Waals surface area contributed by atoms with Gasteiger partial charge in [0.25, 0.3) is 0 Å². The van der Waals surface area contributed by atoms with Crippen LogP contribution in [0, 0.1) is 5.82 Å². The zero-order valence-electron chi connectivity index (χ0n) is 21.3. The number of nitrogens with one attached hydrogen (secondary N) is 1. The van der Waals surface area contributed by atoms with Gasteiger partial charge in [-0.2, -0.15) is 0 Å². The zero-order valence-corrected chi connectivity index (χ0v) is 22.9. The highest BCUT2D eigenvalue weighted by molar-refractivity contribution is 7.92. The number of nitrogens with zero attached hydrogens (tertiary/aromatic N) is 2.